The SMILES string of the molecule is CC(O)(Cc1ccc(F)cc1)c1cc2cc(Cl)ccc2o1. The zero-order chi connectivity index (χ0) is 15.0. The topological polar surface area (TPSA) is 33.4 Å². The third kappa shape index (κ3) is 2.94. The number of furan rings is 1. The highest BCUT2D eigenvalue weighted by atomic mass is 35.5. The molecule has 1 heterocycles. The molecule has 108 valence electrons. The lowest BCUT2D eigenvalue weighted by molar-refractivity contribution is 0.0360. The maximum atomic E-state index is 12.9. The highest BCUT2D eigenvalue weighted by Gasteiger charge is 2.28. The molecule has 0 aliphatic carbocycles. The molecule has 2 nitrogen and oxygen atoms in total. The van der Waals surface area contributed by atoms with Gasteiger partial charge in [0, 0.05) is 16.8 Å². The number of halogens is 2. The highest BCUT2D eigenvalue weighted by molar-refractivity contribution is 6.31. The fraction of sp³-hybridized carbons (Fsp3) is 0.176. The number of fused-ring (bicyclic) bond motifs is 1. The van der Waals surface area contributed by atoms with Gasteiger partial charge in [0.05, 0.1) is 0 Å². The van der Waals surface area contributed by atoms with E-state index in [0.717, 1.165) is 10.9 Å². The summed E-state index contributed by atoms with van der Waals surface area (Å²) in [4.78, 5) is 0. The first-order chi connectivity index (χ1) is 9.94. The number of benzene rings is 2. The summed E-state index contributed by atoms with van der Waals surface area (Å²) >= 11 is 5.95. The van der Waals surface area contributed by atoms with Crippen LogP contribution in [0.25, 0.3) is 11.0 Å². The van der Waals surface area contributed by atoms with Gasteiger partial charge in [-0.3, -0.25) is 0 Å². The van der Waals surface area contributed by atoms with Gasteiger partial charge in [0.2, 0.25) is 0 Å². The Morgan fingerprint density at radius 1 is 1.14 bits per heavy atom. The van der Waals surface area contributed by atoms with E-state index >= 15 is 0 Å². The maximum Gasteiger partial charge on any atom is 0.136 e. The van der Waals surface area contributed by atoms with Crippen molar-refractivity contribution in [3.8, 4) is 0 Å². The standard InChI is InChI=1S/C17H14ClFO2/c1-17(20,10-11-2-5-14(19)6-3-11)16-9-12-8-13(18)4-7-15(12)21-16/h2-9,20H,10H2,1H3. The molecular formula is C17H14ClFO2. The zero-order valence-electron chi connectivity index (χ0n) is 11.4. The zero-order valence-corrected chi connectivity index (χ0v) is 12.2. The summed E-state index contributed by atoms with van der Waals surface area (Å²) in [6.45, 7) is 1.68. The summed E-state index contributed by atoms with van der Waals surface area (Å²) in [5, 5.41) is 12.1. The average molecular weight is 305 g/mol. The van der Waals surface area contributed by atoms with Crippen LogP contribution in [-0.2, 0) is 12.0 Å². The van der Waals surface area contributed by atoms with Gasteiger partial charge in [-0.05, 0) is 48.9 Å². The van der Waals surface area contributed by atoms with Crippen molar-refractivity contribution in [2.45, 2.75) is 18.9 Å². The van der Waals surface area contributed by atoms with Crippen LogP contribution in [0.15, 0.2) is 52.9 Å². The Kier molecular flexibility index (Phi) is 3.47. The van der Waals surface area contributed by atoms with E-state index in [1.54, 1.807) is 43.3 Å². The lowest BCUT2D eigenvalue weighted by Gasteiger charge is -2.20. The Hall–Kier alpha value is -1.84. The van der Waals surface area contributed by atoms with Crippen molar-refractivity contribution in [1.82, 2.24) is 0 Å². The van der Waals surface area contributed by atoms with E-state index in [9.17, 15) is 9.50 Å². The number of hydrogen-bond acceptors (Lipinski definition) is 2. The molecule has 1 unspecified atom stereocenters. The van der Waals surface area contributed by atoms with Crippen LogP contribution in [0, 0.1) is 5.82 Å². The van der Waals surface area contributed by atoms with Crippen LogP contribution in [0.2, 0.25) is 5.02 Å². The molecule has 0 aliphatic heterocycles. The fourth-order valence-corrected chi connectivity index (χ4v) is 2.55. The van der Waals surface area contributed by atoms with Crippen LogP contribution in [0.1, 0.15) is 18.2 Å². The second kappa shape index (κ2) is 5.17. The first kappa shape index (κ1) is 14.1. The Morgan fingerprint density at radius 2 is 1.86 bits per heavy atom. The summed E-state index contributed by atoms with van der Waals surface area (Å²) in [6.07, 6.45) is 0.334. The first-order valence-electron chi connectivity index (χ1n) is 6.60. The molecule has 3 rings (SSSR count). The van der Waals surface area contributed by atoms with Gasteiger partial charge in [-0.25, -0.2) is 4.39 Å². The van der Waals surface area contributed by atoms with Crippen molar-refractivity contribution in [3.63, 3.8) is 0 Å². The van der Waals surface area contributed by atoms with Crippen molar-refractivity contribution in [1.29, 1.82) is 0 Å². The smallest absolute Gasteiger partial charge is 0.136 e. The molecule has 3 aromatic rings. The van der Waals surface area contributed by atoms with Crippen molar-refractivity contribution in [2.75, 3.05) is 0 Å². The first-order valence-corrected chi connectivity index (χ1v) is 6.98. The van der Waals surface area contributed by atoms with Crippen LogP contribution < -0.4 is 0 Å². The predicted octanol–water partition coefficient (Wildman–Crippen LogP) is 4.68. The van der Waals surface area contributed by atoms with E-state index in [1.165, 1.54) is 12.1 Å². The van der Waals surface area contributed by atoms with Crippen LogP contribution in [0.4, 0.5) is 4.39 Å². The summed E-state index contributed by atoms with van der Waals surface area (Å²) < 4.78 is 18.6. The molecule has 2 aromatic carbocycles. The summed E-state index contributed by atoms with van der Waals surface area (Å²) in [5.74, 6) is 0.167. The molecule has 0 amide bonds. The lowest BCUT2D eigenvalue weighted by Crippen LogP contribution is -2.23. The highest BCUT2D eigenvalue weighted by Crippen LogP contribution is 2.31. The molecular weight excluding hydrogens is 291 g/mol. The van der Waals surface area contributed by atoms with Gasteiger partial charge in [-0.15, -0.1) is 0 Å². The van der Waals surface area contributed by atoms with Gasteiger partial charge in [0.1, 0.15) is 22.8 Å². The van der Waals surface area contributed by atoms with E-state index in [2.05, 4.69) is 0 Å². The minimum atomic E-state index is -1.18. The van der Waals surface area contributed by atoms with Crippen molar-refractivity contribution >= 4 is 22.6 Å². The molecule has 4 heteroatoms. The molecule has 0 aliphatic rings. The minimum Gasteiger partial charge on any atom is -0.458 e. The van der Waals surface area contributed by atoms with Crippen LogP contribution in [-0.4, -0.2) is 5.11 Å². The van der Waals surface area contributed by atoms with E-state index in [1.807, 2.05) is 0 Å². The van der Waals surface area contributed by atoms with Gasteiger partial charge in [0.25, 0.3) is 0 Å². The van der Waals surface area contributed by atoms with Gasteiger partial charge >= 0.3 is 0 Å². The van der Waals surface area contributed by atoms with Crippen molar-refractivity contribution in [2.24, 2.45) is 0 Å². The lowest BCUT2D eigenvalue weighted by atomic mass is 9.94. The summed E-state index contributed by atoms with van der Waals surface area (Å²) in [6, 6.07) is 13.2. The maximum absolute atomic E-state index is 12.9. The Morgan fingerprint density at radius 3 is 2.57 bits per heavy atom. The molecule has 0 spiro atoms. The minimum absolute atomic E-state index is 0.295. The molecule has 0 bridgehead atoms. The number of hydrogen-bond donors (Lipinski definition) is 1. The van der Waals surface area contributed by atoms with Crippen LogP contribution >= 0.6 is 11.6 Å². The second-order valence-electron chi connectivity index (χ2n) is 5.37. The normalized spacial score (nSPS) is 14.3. The summed E-state index contributed by atoms with van der Waals surface area (Å²) in [7, 11) is 0. The van der Waals surface area contributed by atoms with Gasteiger partial charge in [0.15, 0.2) is 0 Å². The van der Waals surface area contributed by atoms with E-state index < -0.39 is 5.60 Å². The predicted molar refractivity (Wildman–Crippen MR) is 80.9 cm³/mol. The molecule has 0 radical (unpaired) electrons. The molecule has 1 atom stereocenters. The van der Waals surface area contributed by atoms with Crippen molar-refractivity contribution < 1.29 is 13.9 Å². The Labute approximate surface area is 126 Å². The second-order valence-corrected chi connectivity index (χ2v) is 5.81. The fourth-order valence-electron chi connectivity index (χ4n) is 2.37. The van der Waals surface area contributed by atoms with Gasteiger partial charge in [-0.2, -0.15) is 0 Å². The molecule has 0 saturated heterocycles. The Bertz CT molecular complexity index is 775. The largest absolute Gasteiger partial charge is 0.458 e. The third-order valence-electron chi connectivity index (χ3n) is 3.47. The van der Waals surface area contributed by atoms with Gasteiger partial charge in [-0.1, -0.05) is 23.7 Å². The monoisotopic (exact) mass is 304 g/mol. The molecule has 1 N–H and O–H groups in total. The third-order valence-corrected chi connectivity index (χ3v) is 3.71. The molecule has 0 fully saturated rings. The Balaban J connectivity index is 1.93. The molecule has 1 aromatic heterocycles. The van der Waals surface area contributed by atoms with E-state index in [-0.39, 0.29) is 5.82 Å². The van der Waals surface area contributed by atoms with E-state index in [0.29, 0.717) is 22.8 Å². The molecule has 21 heavy (non-hydrogen) atoms. The summed E-state index contributed by atoms with van der Waals surface area (Å²) in [5.41, 5.74) is 0.331. The van der Waals surface area contributed by atoms with Crippen LogP contribution in [0.3, 0.4) is 0 Å². The van der Waals surface area contributed by atoms with Gasteiger partial charge < -0.3 is 9.52 Å². The molecule has 0 saturated carbocycles. The van der Waals surface area contributed by atoms with Crippen molar-refractivity contribution in [3.05, 3.63) is 70.7 Å². The number of rotatable bonds is 3. The average Bonchev–Trinajstić information content (AvgIpc) is 2.85. The number of aliphatic hydroxyl groups is 1. The quantitative estimate of drug-likeness (QED) is 0.762. The van der Waals surface area contributed by atoms with E-state index in [4.69, 9.17) is 16.0 Å². The van der Waals surface area contributed by atoms with Crippen LogP contribution in [0.5, 0.6) is 0 Å².